The molecule has 0 unspecified atom stereocenters. The first-order valence-corrected chi connectivity index (χ1v) is 8.28. The lowest BCUT2D eigenvalue weighted by Crippen LogP contribution is -2.40. The third kappa shape index (κ3) is 9.32. The van der Waals surface area contributed by atoms with Gasteiger partial charge in [0.25, 0.3) is 0 Å². The molecule has 0 bridgehead atoms. The molecule has 0 aromatic carbocycles. The molecule has 4 heteroatoms. The van der Waals surface area contributed by atoms with E-state index in [4.69, 9.17) is 9.47 Å². The Morgan fingerprint density at radius 2 is 1.60 bits per heavy atom. The molecule has 0 aliphatic carbocycles. The van der Waals surface area contributed by atoms with Gasteiger partial charge >= 0.3 is 5.97 Å². The van der Waals surface area contributed by atoms with Gasteiger partial charge in [-0.05, 0) is 6.42 Å². The monoisotopic (exact) mass is 285 g/mol. The second-order valence-electron chi connectivity index (χ2n) is 5.58. The van der Waals surface area contributed by atoms with Gasteiger partial charge in [-0.15, -0.1) is 0 Å². The summed E-state index contributed by atoms with van der Waals surface area (Å²) in [5.74, 6) is -0.0881. The maximum absolute atomic E-state index is 11.6. The molecule has 20 heavy (non-hydrogen) atoms. The summed E-state index contributed by atoms with van der Waals surface area (Å²) in [6.45, 7) is 6.38. The van der Waals surface area contributed by atoms with Crippen molar-refractivity contribution in [3.8, 4) is 0 Å². The predicted molar refractivity (Wildman–Crippen MR) is 80.8 cm³/mol. The summed E-state index contributed by atoms with van der Waals surface area (Å²) in [5.41, 5.74) is 0. The van der Waals surface area contributed by atoms with Crippen LogP contribution in [0.5, 0.6) is 0 Å². The van der Waals surface area contributed by atoms with Crippen LogP contribution in [0.4, 0.5) is 0 Å². The first-order chi connectivity index (χ1) is 9.83. The van der Waals surface area contributed by atoms with Gasteiger partial charge in [-0.3, -0.25) is 9.69 Å². The summed E-state index contributed by atoms with van der Waals surface area (Å²) in [7, 11) is 0. The lowest BCUT2D eigenvalue weighted by Gasteiger charge is -2.25. The van der Waals surface area contributed by atoms with Crippen LogP contribution in [-0.2, 0) is 14.3 Å². The van der Waals surface area contributed by atoms with Gasteiger partial charge in [0.15, 0.2) is 0 Å². The highest BCUT2D eigenvalue weighted by Gasteiger charge is 2.14. The molecule has 1 rings (SSSR count). The molecule has 0 aromatic heterocycles. The molecule has 1 fully saturated rings. The maximum Gasteiger partial charge on any atom is 0.320 e. The van der Waals surface area contributed by atoms with Crippen molar-refractivity contribution in [2.24, 2.45) is 0 Å². The predicted octanol–water partition coefficient (Wildman–Crippen LogP) is 3.00. The molecule has 0 saturated carbocycles. The zero-order valence-corrected chi connectivity index (χ0v) is 13.1. The van der Waals surface area contributed by atoms with Crippen LogP contribution in [0.1, 0.15) is 58.3 Å². The highest BCUT2D eigenvalue weighted by Crippen LogP contribution is 2.08. The van der Waals surface area contributed by atoms with Gasteiger partial charge in [-0.25, -0.2) is 0 Å². The Hall–Kier alpha value is -0.610. The molecule has 0 spiro atoms. The number of morpholine rings is 1. The van der Waals surface area contributed by atoms with Crippen LogP contribution in [0, 0.1) is 0 Å². The minimum Gasteiger partial charge on any atom is -0.465 e. The Morgan fingerprint density at radius 3 is 2.25 bits per heavy atom. The van der Waals surface area contributed by atoms with Gasteiger partial charge < -0.3 is 9.47 Å². The molecule has 1 heterocycles. The van der Waals surface area contributed by atoms with Crippen molar-refractivity contribution in [1.29, 1.82) is 0 Å². The number of carbonyl (C=O) groups excluding carboxylic acids is 1. The second-order valence-corrected chi connectivity index (χ2v) is 5.58. The molecular formula is C16H31NO3. The smallest absolute Gasteiger partial charge is 0.320 e. The van der Waals surface area contributed by atoms with Gasteiger partial charge in [-0.1, -0.05) is 51.9 Å². The zero-order chi connectivity index (χ0) is 14.5. The maximum atomic E-state index is 11.6. The Bertz CT molecular complexity index is 240. The number of nitrogens with zero attached hydrogens (tertiary/aromatic N) is 1. The van der Waals surface area contributed by atoms with Crippen molar-refractivity contribution in [2.75, 3.05) is 39.5 Å². The third-order valence-corrected chi connectivity index (χ3v) is 3.72. The molecule has 0 amide bonds. The van der Waals surface area contributed by atoms with E-state index in [1.807, 2.05) is 0 Å². The molecule has 0 atom stereocenters. The molecule has 1 aliphatic rings. The Kier molecular flexibility index (Phi) is 10.6. The summed E-state index contributed by atoms with van der Waals surface area (Å²) >= 11 is 0. The van der Waals surface area contributed by atoms with E-state index in [1.165, 1.54) is 44.9 Å². The van der Waals surface area contributed by atoms with Crippen LogP contribution in [-0.4, -0.2) is 50.3 Å². The number of carbonyl (C=O) groups is 1. The van der Waals surface area contributed by atoms with Crippen molar-refractivity contribution in [3.63, 3.8) is 0 Å². The summed E-state index contributed by atoms with van der Waals surface area (Å²) in [6, 6.07) is 0. The average Bonchev–Trinajstić information content (AvgIpc) is 2.46. The fourth-order valence-electron chi connectivity index (χ4n) is 2.41. The molecule has 1 aliphatic heterocycles. The molecule has 1 saturated heterocycles. The van der Waals surface area contributed by atoms with E-state index in [0.717, 1.165) is 32.7 Å². The lowest BCUT2D eigenvalue weighted by molar-refractivity contribution is -0.146. The summed E-state index contributed by atoms with van der Waals surface area (Å²) < 4.78 is 10.5. The number of esters is 1. The molecule has 4 nitrogen and oxygen atoms in total. The Morgan fingerprint density at radius 1 is 1.00 bits per heavy atom. The molecule has 0 radical (unpaired) electrons. The molecule has 118 valence electrons. The average molecular weight is 285 g/mol. The van der Waals surface area contributed by atoms with E-state index < -0.39 is 0 Å². The van der Waals surface area contributed by atoms with Crippen molar-refractivity contribution >= 4 is 5.97 Å². The SMILES string of the molecule is CCCCCCCCCCOC(=O)CN1CCOCC1. The van der Waals surface area contributed by atoms with Crippen LogP contribution in [0.2, 0.25) is 0 Å². The first-order valence-electron chi connectivity index (χ1n) is 8.28. The van der Waals surface area contributed by atoms with Gasteiger partial charge in [0, 0.05) is 13.1 Å². The molecule has 0 aromatic rings. The number of unbranched alkanes of at least 4 members (excludes halogenated alkanes) is 7. The van der Waals surface area contributed by atoms with Crippen molar-refractivity contribution in [2.45, 2.75) is 58.3 Å². The van der Waals surface area contributed by atoms with Crippen molar-refractivity contribution < 1.29 is 14.3 Å². The Balaban J connectivity index is 1.84. The summed E-state index contributed by atoms with van der Waals surface area (Å²) in [6.07, 6.45) is 10.2. The number of hydrogen-bond acceptors (Lipinski definition) is 4. The van der Waals surface area contributed by atoms with E-state index in [-0.39, 0.29) is 5.97 Å². The van der Waals surface area contributed by atoms with Gasteiger partial charge in [0.05, 0.1) is 26.4 Å². The van der Waals surface area contributed by atoms with E-state index in [2.05, 4.69) is 11.8 Å². The van der Waals surface area contributed by atoms with Gasteiger partial charge in [-0.2, -0.15) is 0 Å². The number of ether oxygens (including phenoxy) is 2. The number of rotatable bonds is 11. The summed E-state index contributed by atoms with van der Waals surface area (Å²) in [4.78, 5) is 13.7. The number of hydrogen-bond donors (Lipinski definition) is 0. The first kappa shape index (κ1) is 17.4. The van der Waals surface area contributed by atoms with E-state index in [1.54, 1.807) is 0 Å². The van der Waals surface area contributed by atoms with Crippen LogP contribution >= 0.6 is 0 Å². The quantitative estimate of drug-likeness (QED) is 0.432. The van der Waals surface area contributed by atoms with E-state index >= 15 is 0 Å². The third-order valence-electron chi connectivity index (χ3n) is 3.72. The topological polar surface area (TPSA) is 38.8 Å². The summed E-state index contributed by atoms with van der Waals surface area (Å²) in [5, 5.41) is 0. The standard InChI is InChI=1S/C16H31NO3/c1-2-3-4-5-6-7-8-9-12-20-16(18)15-17-10-13-19-14-11-17/h2-15H2,1H3. The van der Waals surface area contributed by atoms with E-state index in [0.29, 0.717) is 13.2 Å². The molecular weight excluding hydrogens is 254 g/mol. The van der Waals surface area contributed by atoms with Gasteiger partial charge in [0.1, 0.15) is 0 Å². The normalized spacial score (nSPS) is 16.2. The Labute approximate surface area is 123 Å². The van der Waals surface area contributed by atoms with Crippen LogP contribution in [0.25, 0.3) is 0 Å². The minimum absolute atomic E-state index is 0.0881. The highest BCUT2D eigenvalue weighted by atomic mass is 16.5. The van der Waals surface area contributed by atoms with Gasteiger partial charge in [0.2, 0.25) is 0 Å². The van der Waals surface area contributed by atoms with Crippen LogP contribution in [0.3, 0.4) is 0 Å². The van der Waals surface area contributed by atoms with Crippen LogP contribution in [0.15, 0.2) is 0 Å². The molecule has 0 N–H and O–H groups in total. The van der Waals surface area contributed by atoms with Crippen molar-refractivity contribution in [3.05, 3.63) is 0 Å². The fourth-order valence-corrected chi connectivity index (χ4v) is 2.41. The lowest BCUT2D eigenvalue weighted by atomic mass is 10.1. The zero-order valence-electron chi connectivity index (χ0n) is 13.1. The van der Waals surface area contributed by atoms with Crippen LogP contribution < -0.4 is 0 Å². The minimum atomic E-state index is -0.0881. The fraction of sp³-hybridized carbons (Fsp3) is 0.938. The van der Waals surface area contributed by atoms with E-state index in [9.17, 15) is 4.79 Å². The highest BCUT2D eigenvalue weighted by molar-refractivity contribution is 5.71. The van der Waals surface area contributed by atoms with Crippen molar-refractivity contribution in [1.82, 2.24) is 4.90 Å². The largest absolute Gasteiger partial charge is 0.465 e. The second kappa shape index (κ2) is 12.2.